The lowest BCUT2D eigenvalue weighted by molar-refractivity contribution is 0.170. The SMILES string of the molecule is CNS(=O)(=O)Cc1ccc(CNC(=O)N2CCC(Cc3ccccc3)CC2)cc1. The van der Waals surface area contributed by atoms with Gasteiger partial charge in [-0.3, -0.25) is 0 Å². The molecule has 1 saturated heterocycles. The number of piperidine rings is 1. The van der Waals surface area contributed by atoms with Gasteiger partial charge < -0.3 is 10.2 Å². The summed E-state index contributed by atoms with van der Waals surface area (Å²) in [6, 6.07) is 17.8. The number of nitrogens with one attached hydrogen (secondary N) is 2. The van der Waals surface area contributed by atoms with Gasteiger partial charge in [0.1, 0.15) is 0 Å². The monoisotopic (exact) mass is 415 g/mol. The Hall–Kier alpha value is -2.38. The molecule has 0 atom stereocenters. The third kappa shape index (κ3) is 6.58. The summed E-state index contributed by atoms with van der Waals surface area (Å²) in [6.07, 6.45) is 3.12. The molecule has 3 rings (SSSR count). The number of carbonyl (C=O) groups is 1. The summed E-state index contributed by atoms with van der Waals surface area (Å²) >= 11 is 0. The Morgan fingerprint density at radius 3 is 2.21 bits per heavy atom. The van der Waals surface area contributed by atoms with Crippen LogP contribution in [0.15, 0.2) is 54.6 Å². The molecule has 1 aliphatic rings. The van der Waals surface area contributed by atoms with Crippen LogP contribution >= 0.6 is 0 Å². The van der Waals surface area contributed by atoms with E-state index in [0.29, 0.717) is 12.5 Å². The van der Waals surface area contributed by atoms with E-state index in [-0.39, 0.29) is 11.8 Å². The van der Waals surface area contributed by atoms with Crippen LogP contribution in [0.4, 0.5) is 4.79 Å². The van der Waals surface area contributed by atoms with E-state index in [1.165, 1.54) is 12.6 Å². The minimum atomic E-state index is -3.28. The standard InChI is InChI=1S/C22H29N3O3S/c1-23-29(27,28)17-21-9-7-20(8-10-21)16-24-22(26)25-13-11-19(12-14-25)15-18-5-3-2-4-6-18/h2-10,19,23H,11-17H2,1H3,(H,24,26). The fourth-order valence-corrected chi connectivity index (χ4v) is 4.40. The lowest BCUT2D eigenvalue weighted by atomic mass is 9.90. The largest absolute Gasteiger partial charge is 0.334 e. The second-order valence-corrected chi connectivity index (χ2v) is 9.48. The molecule has 0 saturated carbocycles. The topological polar surface area (TPSA) is 78.5 Å². The molecule has 0 aliphatic carbocycles. The molecule has 2 aromatic rings. The Balaban J connectivity index is 1.42. The molecule has 1 fully saturated rings. The van der Waals surface area contributed by atoms with E-state index in [1.54, 1.807) is 12.1 Å². The van der Waals surface area contributed by atoms with Gasteiger partial charge in [-0.05, 0) is 48.9 Å². The van der Waals surface area contributed by atoms with Crippen molar-refractivity contribution in [2.24, 2.45) is 5.92 Å². The molecular formula is C22H29N3O3S. The van der Waals surface area contributed by atoms with Crippen LogP contribution in [0.1, 0.15) is 29.5 Å². The summed E-state index contributed by atoms with van der Waals surface area (Å²) in [5.41, 5.74) is 3.03. The van der Waals surface area contributed by atoms with Crippen molar-refractivity contribution in [3.05, 3.63) is 71.3 Å². The summed E-state index contributed by atoms with van der Waals surface area (Å²) in [6.45, 7) is 2.00. The normalized spacial score (nSPS) is 15.3. The second-order valence-electron chi connectivity index (χ2n) is 7.56. The molecule has 1 aliphatic heterocycles. The maximum atomic E-state index is 12.5. The lowest BCUT2D eigenvalue weighted by Gasteiger charge is -2.32. The maximum Gasteiger partial charge on any atom is 0.317 e. The van der Waals surface area contributed by atoms with Crippen LogP contribution < -0.4 is 10.0 Å². The van der Waals surface area contributed by atoms with E-state index in [2.05, 4.69) is 34.3 Å². The Morgan fingerprint density at radius 2 is 1.59 bits per heavy atom. The minimum Gasteiger partial charge on any atom is -0.334 e. The van der Waals surface area contributed by atoms with Crippen molar-refractivity contribution in [2.75, 3.05) is 20.1 Å². The lowest BCUT2D eigenvalue weighted by Crippen LogP contribution is -2.44. The maximum absolute atomic E-state index is 12.5. The van der Waals surface area contributed by atoms with Crippen molar-refractivity contribution in [1.29, 1.82) is 0 Å². The van der Waals surface area contributed by atoms with Crippen LogP contribution in [0.5, 0.6) is 0 Å². The Bertz CT molecular complexity index is 891. The Kier molecular flexibility index (Phi) is 7.28. The number of carbonyl (C=O) groups excluding carboxylic acids is 1. The number of sulfonamides is 1. The van der Waals surface area contributed by atoms with E-state index in [0.717, 1.165) is 43.5 Å². The van der Waals surface area contributed by atoms with Gasteiger partial charge in [0.25, 0.3) is 0 Å². The molecule has 0 spiro atoms. The van der Waals surface area contributed by atoms with E-state index < -0.39 is 10.0 Å². The summed E-state index contributed by atoms with van der Waals surface area (Å²) in [5, 5.41) is 2.97. The van der Waals surface area contributed by atoms with E-state index in [1.807, 2.05) is 23.1 Å². The highest BCUT2D eigenvalue weighted by atomic mass is 32.2. The fourth-order valence-electron chi connectivity index (χ4n) is 3.62. The van der Waals surface area contributed by atoms with Crippen LogP contribution in [0.3, 0.4) is 0 Å². The van der Waals surface area contributed by atoms with Gasteiger partial charge in [-0.25, -0.2) is 17.9 Å². The molecule has 2 aromatic carbocycles. The van der Waals surface area contributed by atoms with E-state index in [9.17, 15) is 13.2 Å². The van der Waals surface area contributed by atoms with Gasteiger partial charge in [-0.2, -0.15) is 0 Å². The zero-order chi connectivity index (χ0) is 20.7. The summed E-state index contributed by atoms with van der Waals surface area (Å²) < 4.78 is 25.5. The second kappa shape index (κ2) is 9.89. The van der Waals surface area contributed by atoms with Gasteiger partial charge in [0, 0.05) is 19.6 Å². The first-order valence-electron chi connectivity index (χ1n) is 10.0. The van der Waals surface area contributed by atoms with Crippen LogP contribution in [-0.4, -0.2) is 39.5 Å². The third-order valence-electron chi connectivity index (χ3n) is 5.40. The Labute approximate surface area is 173 Å². The quantitative estimate of drug-likeness (QED) is 0.730. The molecule has 29 heavy (non-hydrogen) atoms. The molecule has 7 heteroatoms. The predicted molar refractivity (Wildman–Crippen MR) is 115 cm³/mol. The number of benzene rings is 2. The van der Waals surface area contributed by atoms with Gasteiger partial charge in [-0.15, -0.1) is 0 Å². The first-order chi connectivity index (χ1) is 13.9. The van der Waals surface area contributed by atoms with Crippen LogP contribution in [0.2, 0.25) is 0 Å². The molecule has 1 heterocycles. The number of rotatable bonds is 7. The van der Waals surface area contributed by atoms with Gasteiger partial charge in [0.2, 0.25) is 10.0 Å². The van der Waals surface area contributed by atoms with E-state index in [4.69, 9.17) is 0 Å². The molecule has 2 amide bonds. The number of amides is 2. The van der Waals surface area contributed by atoms with Crippen molar-refractivity contribution in [3.63, 3.8) is 0 Å². The summed E-state index contributed by atoms with van der Waals surface area (Å²) in [7, 11) is -1.87. The average Bonchev–Trinajstić information content (AvgIpc) is 2.74. The van der Waals surface area contributed by atoms with E-state index >= 15 is 0 Å². The van der Waals surface area contributed by atoms with Gasteiger partial charge in [0.05, 0.1) is 5.75 Å². The highest BCUT2D eigenvalue weighted by Gasteiger charge is 2.22. The van der Waals surface area contributed by atoms with Gasteiger partial charge >= 0.3 is 6.03 Å². The number of hydrogen-bond donors (Lipinski definition) is 2. The highest BCUT2D eigenvalue weighted by molar-refractivity contribution is 7.88. The number of likely N-dealkylation sites (tertiary alicyclic amines) is 1. The van der Waals surface area contributed by atoms with Gasteiger partial charge in [-0.1, -0.05) is 54.6 Å². The molecule has 2 N–H and O–H groups in total. The number of hydrogen-bond acceptors (Lipinski definition) is 3. The molecule has 0 unspecified atom stereocenters. The number of nitrogens with zero attached hydrogens (tertiary/aromatic N) is 1. The molecule has 156 valence electrons. The van der Waals surface area contributed by atoms with Crippen molar-refractivity contribution >= 4 is 16.1 Å². The van der Waals surface area contributed by atoms with Crippen molar-refractivity contribution in [2.45, 2.75) is 31.6 Å². The van der Waals surface area contributed by atoms with Crippen molar-refractivity contribution in [3.8, 4) is 0 Å². The molecule has 0 aromatic heterocycles. The van der Waals surface area contributed by atoms with Crippen molar-refractivity contribution in [1.82, 2.24) is 14.9 Å². The van der Waals surface area contributed by atoms with Crippen LogP contribution in [-0.2, 0) is 28.7 Å². The molecule has 0 bridgehead atoms. The Morgan fingerprint density at radius 1 is 0.966 bits per heavy atom. The molecular weight excluding hydrogens is 386 g/mol. The first-order valence-corrected chi connectivity index (χ1v) is 11.7. The van der Waals surface area contributed by atoms with Crippen molar-refractivity contribution < 1.29 is 13.2 Å². The zero-order valence-corrected chi connectivity index (χ0v) is 17.6. The van der Waals surface area contributed by atoms with Gasteiger partial charge in [0.15, 0.2) is 0 Å². The molecule has 0 radical (unpaired) electrons. The molecule has 6 nitrogen and oxygen atoms in total. The average molecular weight is 416 g/mol. The highest BCUT2D eigenvalue weighted by Crippen LogP contribution is 2.21. The third-order valence-corrected chi connectivity index (χ3v) is 6.74. The zero-order valence-electron chi connectivity index (χ0n) is 16.8. The smallest absolute Gasteiger partial charge is 0.317 e. The summed E-state index contributed by atoms with van der Waals surface area (Å²) in [5.74, 6) is 0.580. The summed E-state index contributed by atoms with van der Waals surface area (Å²) in [4.78, 5) is 14.3. The minimum absolute atomic E-state index is 0.0370. The predicted octanol–water partition coefficient (Wildman–Crippen LogP) is 2.90. The first kappa shape index (κ1) is 21.3. The number of urea groups is 1. The fraction of sp³-hybridized carbons (Fsp3) is 0.409. The van der Waals surface area contributed by atoms with Crippen LogP contribution in [0.25, 0.3) is 0 Å². The van der Waals surface area contributed by atoms with Crippen LogP contribution in [0, 0.1) is 5.92 Å².